The van der Waals surface area contributed by atoms with Crippen LogP contribution in [0.1, 0.15) is 17.5 Å². The number of para-hydroxylation sites is 1. The second kappa shape index (κ2) is 7.11. The smallest absolute Gasteiger partial charge is 0.221 e. The summed E-state index contributed by atoms with van der Waals surface area (Å²) in [6.07, 6.45) is 1.80. The van der Waals surface area contributed by atoms with E-state index in [9.17, 15) is 13.2 Å². The molecule has 1 heterocycles. The summed E-state index contributed by atoms with van der Waals surface area (Å²) >= 11 is 0. The molecule has 0 atom stereocenters. The molecule has 0 saturated heterocycles. The van der Waals surface area contributed by atoms with Gasteiger partial charge in [-0.3, -0.25) is 4.79 Å². The van der Waals surface area contributed by atoms with E-state index in [1.807, 2.05) is 37.4 Å². The highest BCUT2D eigenvalue weighted by Crippen LogP contribution is 2.17. The third-order valence-electron chi connectivity index (χ3n) is 4.13. The number of amides is 1. The van der Waals surface area contributed by atoms with Gasteiger partial charge in [0.05, 0.1) is 10.6 Å². The van der Waals surface area contributed by atoms with Crippen molar-refractivity contribution in [2.75, 3.05) is 5.75 Å². The van der Waals surface area contributed by atoms with Crippen LogP contribution in [0.5, 0.6) is 0 Å². The molecule has 5 nitrogen and oxygen atoms in total. The molecule has 3 rings (SSSR count). The highest BCUT2D eigenvalue weighted by atomic mass is 32.2. The first-order valence-electron chi connectivity index (χ1n) is 8.07. The van der Waals surface area contributed by atoms with Crippen molar-refractivity contribution in [3.8, 4) is 0 Å². The number of aryl methyl sites for hydroxylation is 1. The second-order valence-electron chi connectivity index (χ2n) is 6.02. The summed E-state index contributed by atoms with van der Waals surface area (Å²) in [5.41, 5.74) is 2.98. The summed E-state index contributed by atoms with van der Waals surface area (Å²) in [4.78, 5) is 15.4. The molecule has 2 aromatic carbocycles. The van der Waals surface area contributed by atoms with Crippen LogP contribution in [0.3, 0.4) is 0 Å². The number of nitrogens with one attached hydrogen (secondary N) is 2. The molecule has 0 fully saturated rings. The van der Waals surface area contributed by atoms with Crippen LogP contribution in [0, 0.1) is 6.92 Å². The molecule has 0 radical (unpaired) electrons. The molecule has 0 spiro atoms. The maximum atomic E-state index is 12.3. The predicted molar refractivity (Wildman–Crippen MR) is 98.0 cm³/mol. The van der Waals surface area contributed by atoms with Gasteiger partial charge in [-0.05, 0) is 30.7 Å². The summed E-state index contributed by atoms with van der Waals surface area (Å²) in [6.45, 7) is 2.27. The highest BCUT2D eigenvalue weighted by Gasteiger charge is 2.16. The van der Waals surface area contributed by atoms with Crippen LogP contribution in [-0.2, 0) is 21.2 Å². The molecule has 0 aliphatic heterocycles. The van der Waals surface area contributed by atoms with Crippen molar-refractivity contribution in [1.29, 1.82) is 0 Å². The van der Waals surface area contributed by atoms with E-state index in [2.05, 4.69) is 10.3 Å². The molecule has 0 aliphatic rings. The van der Waals surface area contributed by atoms with E-state index in [-0.39, 0.29) is 23.0 Å². The normalized spacial score (nSPS) is 11.6. The van der Waals surface area contributed by atoms with Crippen molar-refractivity contribution < 1.29 is 13.2 Å². The summed E-state index contributed by atoms with van der Waals surface area (Å²) in [5.74, 6) is -0.476. The quantitative estimate of drug-likeness (QED) is 0.713. The minimum atomic E-state index is -3.45. The fourth-order valence-electron chi connectivity index (χ4n) is 2.65. The van der Waals surface area contributed by atoms with Crippen molar-refractivity contribution in [3.63, 3.8) is 0 Å². The number of hydrogen-bond acceptors (Lipinski definition) is 3. The molecule has 6 heteroatoms. The van der Waals surface area contributed by atoms with Crippen molar-refractivity contribution >= 4 is 26.6 Å². The van der Waals surface area contributed by atoms with E-state index in [0.717, 1.165) is 22.0 Å². The maximum Gasteiger partial charge on any atom is 0.221 e. The molecule has 2 N–H and O–H groups in total. The zero-order valence-electron chi connectivity index (χ0n) is 14.0. The van der Waals surface area contributed by atoms with Crippen LogP contribution in [0.4, 0.5) is 0 Å². The monoisotopic (exact) mass is 356 g/mol. The van der Waals surface area contributed by atoms with Gasteiger partial charge in [0.2, 0.25) is 5.91 Å². The number of sulfone groups is 1. The largest absolute Gasteiger partial charge is 0.361 e. The Morgan fingerprint density at radius 2 is 1.80 bits per heavy atom. The van der Waals surface area contributed by atoms with Gasteiger partial charge >= 0.3 is 0 Å². The van der Waals surface area contributed by atoms with Gasteiger partial charge in [0.1, 0.15) is 0 Å². The molecule has 3 aromatic rings. The van der Waals surface area contributed by atoms with Crippen LogP contribution < -0.4 is 5.32 Å². The van der Waals surface area contributed by atoms with E-state index in [0.29, 0.717) is 6.54 Å². The van der Waals surface area contributed by atoms with Crippen LogP contribution in [0.25, 0.3) is 10.9 Å². The number of hydrogen-bond donors (Lipinski definition) is 2. The van der Waals surface area contributed by atoms with Crippen LogP contribution in [0.2, 0.25) is 0 Å². The number of aromatic nitrogens is 1. The zero-order valence-corrected chi connectivity index (χ0v) is 14.8. The van der Waals surface area contributed by atoms with Gasteiger partial charge in [-0.2, -0.15) is 0 Å². The summed E-state index contributed by atoms with van der Waals surface area (Å²) in [6, 6.07) is 14.5. The van der Waals surface area contributed by atoms with E-state index >= 15 is 0 Å². The number of benzene rings is 2. The molecule has 1 aromatic heterocycles. The number of aromatic amines is 1. The van der Waals surface area contributed by atoms with Crippen molar-refractivity contribution in [1.82, 2.24) is 10.3 Å². The molecule has 130 valence electrons. The van der Waals surface area contributed by atoms with E-state index in [4.69, 9.17) is 0 Å². The van der Waals surface area contributed by atoms with Crippen LogP contribution in [-0.4, -0.2) is 25.1 Å². The first-order valence-corrected chi connectivity index (χ1v) is 9.72. The Bertz CT molecular complexity index is 989. The number of carbonyl (C=O) groups excluding carboxylic acids is 1. The Hall–Kier alpha value is -2.60. The summed E-state index contributed by atoms with van der Waals surface area (Å²) in [7, 11) is -3.45. The number of fused-ring (bicyclic) bond motifs is 1. The lowest BCUT2D eigenvalue weighted by atomic mass is 10.2. The van der Waals surface area contributed by atoms with E-state index < -0.39 is 9.84 Å². The lowest BCUT2D eigenvalue weighted by Gasteiger charge is -2.06. The Morgan fingerprint density at radius 3 is 2.56 bits per heavy atom. The van der Waals surface area contributed by atoms with Gasteiger partial charge in [-0.1, -0.05) is 35.9 Å². The first-order chi connectivity index (χ1) is 12.0. The van der Waals surface area contributed by atoms with Gasteiger partial charge in [0.15, 0.2) is 9.84 Å². The van der Waals surface area contributed by atoms with Crippen molar-refractivity contribution in [3.05, 3.63) is 65.9 Å². The van der Waals surface area contributed by atoms with Gasteiger partial charge in [0.25, 0.3) is 0 Å². The molecule has 25 heavy (non-hydrogen) atoms. The number of carbonyl (C=O) groups is 1. The van der Waals surface area contributed by atoms with Crippen molar-refractivity contribution in [2.45, 2.75) is 24.8 Å². The third kappa shape index (κ3) is 4.09. The summed E-state index contributed by atoms with van der Waals surface area (Å²) in [5, 5.41) is 3.84. The SMILES string of the molecule is Cc1ccc(S(=O)(=O)CCC(=O)NCc2c[nH]c3ccccc23)cc1. The van der Waals surface area contributed by atoms with Gasteiger partial charge in [-0.15, -0.1) is 0 Å². The summed E-state index contributed by atoms with van der Waals surface area (Å²) < 4.78 is 24.5. The van der Waals surface area contributed by atoms with E-state index in [1.165, 1.54) is 0 Å². The topological polar surface area (TPSA) is 79.0 Å². The molecule has 0 saturated carbocycles. The molecular formula is C19H20N2O3S. The molecule has 0 aliphatic carbocycles. The fourth-order valence-corrected chi connectivity index (χ4v) is 3.89. The van der Waals surface area contributed by atoms with E-state index in [1.54, 1.807) is 24.3 Å². The van der Waals surface area contributed by atoms with Gasteiger partial charge < -0.3 is 10.3 Å². The lowest BCUT2D eigenvalue weighted by molar-refractivity contribution is -0.120. The molecular weight excluding hydrogens is 336 g/mol. The average molecular weight is 356 g/mol. The lowest BCUT2D eigenvalue weighted by Crippen LogP contribution is -2.25. The second-order valence-corrected chi connectivity index (χ2v) is 8.13. The first kappa shape index (κ1) is 17.2. The van der Waals surface area contributed by atoms with Gasteiger partial charge in [0, 0.05) is 30.1 Å². The Labute approximate surface area is 147 Å². The Kier molecular flexibility index (Phi) is 4.90. The third-order valence-corrected chi connectivity index (χ3v) is 5.86. The average Bonchev–Trinajstić information content (AvgIpc) is 3.02. The Balaban J connectivity index is 1.57. The molecule has 0 unspecified atom stereocenters. The fraction of sp³-hybridized carbons (Fsp3) is 0.211. The molecule has 0 bridgehead atoms. The van der Waals surface area contributed by atoms with Crippen LogP contribution >= 0.6 is 0 Å². The Morgan fingerprint density at radius 1 is 1.08 bits per heavy atom. The number of H-pyrrole nitrogens is 1. The maximum absolute atomic E-state index is 12.3. The van der Waals surface area contributed by atoms with Crippen molar-refractivity contribution in [2.24, 2.45) is 0 Å². The zero-order chi connectivity index (χ0) is 17.9. The van der Waals surface area contributed by atoms with Gasteiger partial charge in [-0.25, -0.2) is 8.42 Å². The minimum Gasteiger partial charge on any atom is -0.361 e. The highest BCUT2D eigenvalue weighted by molar-refractivity contribution is 7.91. The molecule has 1 amide bonds. The predicted octanol–water partition coefficient (Wildman–Crippen LogP) is 2.96. The number of rotatable bonds is 6. The minimum absolute atomic E-state index is 0.0570. The van der Waals surface area contributed by atoms with Crippen LogP contribution in [0.15, 0.2) is 59.6 Å². The standard InChI is InChI=1S/C19H20N2O3S/c1-14-6-8-16(9-7-14)25(23,24)11-10-19(22)21-13-15-12-20-18-5-3-2-4-17(15)18/h2-9,12,20H,10-11,13H2,1H3,(H,21,22).